The van der Waals surface area contributed by atoms with E-state index in [2.05, 4.69) is 42.3 Å². The van der Waals surface area contributed by atoms with Gasteiger partial charge in [0.25, 0.3) is 0 Å². The molecular weight excluding hydrogens is 392 g/mol. The third kappa shape index (κ3) is 5.92. The van der Waals surface area contributed by atoms with Gasteiger partial charge >= 0.3 is 0 Å². The van der Waals surface area contributed by atoms with Gasteiger partial charge in [0.05, 0.1) is 7.11 Å². The van der Waals surface area contributed by atoms with E-state index in [0.29, 0.717) is 0 Å². The molecule has 5 heteroatoms. The highest BCUT2D eigenvalue weighted by Crippen LogP contribution is 2.35. The average molecular weight is 423 g/mol. The minimum absolute atomic E-state index is 0.0404. The number of rotatable bonds is 10. The highest BCUT2D eigenvalue weighted by molar-refractivity contribution is 7.20. The lowest BCUT2D eigenvalue weighted by Crippen LogP contribution is -2.31. The summed E-state index contributed by atoms with van der Waals surface area (Å²) in [6, 6.07) is 10.4. The molecule has 1 N–H and O–H groups in total. The molecule has 0 saturated carbocycles. The Morgan fingerprint density at radius 1 is 1.30 bits per heavy atom. The fourth-order valence-electron chi connectivity index (χ4n) is 3.59. The summed E-state index contributed by atoms with van der Waals surface area (Å²) in [4.78, 5) is 17.7. The van der Waals surface area contributed by atoms with Crippen LogP contribution in [0.3, 0.4) is 0 Å². The van der Waals surface area contributed by atoms with E-state index < -0.39 is 0 Å². The second-order valence-electron chi connectivity index (χ2n) is 7.55. The first-order valence-electron chi connectivity index (χ1n) is 10.6. The van der Waals surface area contributed by atoms with Crippen LogP contribution in [0.1, 0.15) is 49.1 Å². The molecule has 0 aliphatic rings. The third-order valence-electron chi connectivity index (χ3n) is 5.13. The fourth-order valence-corrected chi connectivity index (χ4v) is 4.78. The summed E-state index contributed by atoms with van der Waals surface area (Å²) in [5, 5.41) is 4.34. The maximum Gasteiger partial charge on any atom is 0.244 e. The van der Waals surface area contributed by atoms with Crippen LogP contribution in [0.15, 0.2) is 48.8 Å². The molecule has 2 aromatic heterocycles. The van der Waals surface area contributed by atoms with Gasteiger partial charge in [0.1, 0.15) is 5.75 Å². The summed E-state index contributed by atoms with van der Waals surface area (Å²) in [7, 11) is 1.69. The van der Waals surface area contributed by atoms with Crippen LogP contribution in [0.5, 0.6) is 5.75 Å². The second kappa shape index (κ2) is 10.9. The molecule has 0 aliphatic heterocycles. The third-order valence-corrected chi connectivity index (χ3v) is 6.29. The van der Waals surface area contributed by atoms with E-state index in [1.54, 1.807) is 30.7 Å². The number of hydrogen-bond acceptors (Lipinski definition) is 4. The number of methoxy groups -OCH3 is 1. The van der Waals surface area contributed by atoms with E-state index in [1.807, 2.05) is 24.4 Å². The normalized spacial score (nSPS) is 12.4. The van der Waals surface area contributed by atoms with Gasteiger partial charge in [0.2, 0.25) is 5.91 Å². The van der Waals surface area contributed by atoms with Crippen molar-refractivity contribution in [1.29, 1.82) is 0 Å². The largest absolute Gasteiger partial charge is 0.497 e. The Kier molecular flexibility index (Phi) is 8.03. The first-order chi connectivity index (χ1) is 14.6. The van der Waals surface area contributed by atoms with Gasteiger partial charge in [-0.25, -0.2) is 0 Å². The Bertz CT molecular complexity index is 995. The molecule has 3 rings (SSSR count). The van der Waals surface area contributed by atoms with Crippen LogP contribution in [0.25, 0.3) is 16.2 Å². The number of amides is 1. The van der Waals surface area contributed by atoms with Crippen molar-refractivity contribution in [2.24, 2.45) is 0 Å². The highest BCUT2D eigenvalue weighted by Gasteiger charge is 2.11. The number of ether oxygens (including phenoxy) is 1. The van der Waals surface area contributed by atoms with Crippen LogP contribution in [-0.4, -0.2) is 24.0 Å². The topological polar surface area (TPSA) is 51.2 Å². The monoisotopic (exact) mass is 422 g/mol. The van der Waals surface area contributed by atoms with Crippen LogP contribution in [0.4, 0.5) is 0 Å². The summed E-state index contributed by atoms with van der Waals surface area (Å²) < 4.78 is 6.55. The molecule has 1 aromatic carbocycles. The number of aromatic nitrogens is 1. The zero-order valence-electron chi connectivity index (χ0n) is 18.0. The maximum absolute atomic E-state index is 12.4. The number of aryl methyl sites for hydroxylation is 2. The minimum Gasteiger partial charge on any atom is -0.497 e. The van der Waals surface area contributed by atoms with Gasteiger partial charge in [-0.1, -0.05) is 19.4 Å². The Labute approximate surface area is 183 Å². The molecule has 1 atom stereocenters. The summed E-state index contributed by atoms with van der Waals surface area (Å²) in [6.07, 6.45) is 12.3. The molecule has 30 heavy (non-hydrogen) atoms. The average Bonchev–Trinajstić information content (AvgIpc) is 3.10. The van der Waals surface area contributed by atoms with E-state index >= 15 is 0 Å². The lowest BCUT2D eigenvalue weighted by molar-refractivity contribution is -0.117. The fraction of sp³-hybridized carbons (Fsp3) is 0.360. The Morgan fingerprint density at radius 2 is 2.17 bits per heavy atom. The van der Waals surface area contributed by atoms with Crippen LogP contribution in [-0.2, 0) is 17.6 Å². The molecule has 0 saturated heterocycles. The van der Waals surface area contributed by atoms with Crippen molar-refractivity contribution in [1.82, 2.24) is 10.3 Å². The number of nitrogens with one attached hydrogen (secondary N) is 1. The summed E-state index contributed by atoms with van der Waals surface area (Å²) in [5.41, 5.74) is 2.55. The lowest BCUT2D eigenvalue weighted by atomic mass is 10.1. The number of nitrogens with zero attached hydrogens (tertiary/aromatic N) is 1. The number of pyridine rings is 1. The first kappa shape index (κ1) is 22.0. The van der Waals surface area contributed by atoms with Crippen molar-refractivity contribution < 1.29 is 9.53 Å². The highest BCUT2D eigenvalue weighted by atomic mass is 32.1. The van der Waals surface area contributed by atoms with Gasteiger partial charge in [-0.15, -0.1) is 11.3 Å². The van der Waals surface area contributed by atoms with E-state index in [1.165, 1.54) is 21.2 Å². The zero-order valence-corrected chi connectivity index (χ0v) is 18.8. The number of thiophene rings is 1. The van der Waals surface area contributed by atoms with Crippen molar-refractivity contribution in [3.05, 3.63) is 64.8 Å². The number of benzene rings is 1. The summed E-state index contributed by atoms with van der Waals surface area (Å²) in [5.74, 6) is 0.821. The van der Waals surface area contributed by atoms with Gasteiger partial charge in [-0.3, -0.25) is 9.78 Å². The molecule has 3 aromatic rings. The summed E-state index contributed by atoms with van der Waals surface area (Å²) >= 11 is 1.71. The predicted octanol–water partition coefficient (Wildman–Crippen LogP) is 5.80. The Balaban J connectivity index is 1.59. The van der Waals surface area contributed by atoms with Gasteiger partial charge in [-0.2, -0.15) is 0 Å². The second-order valence-corrected chi connectivity index (χ2v) is 8.64. The summed E-state index contributed by atoms with van der Waals surface area (Å²) in [6.45, 7) is 4.24. The molecule has 0 radical (unpaired) electrons. The molecule has 0 bridgehead atoms. The number of fused-ring (bicyclic) bond motifs is 1. The molecule has 1 amide bonds. The Hall–Kier alpha value is -2.66. The van der Waals surface area contributed by atoms with Gasteiger partial charge in [0.15, 0.2) is 0 Å². The minimum atomic E-state index is -0.0404. The Morgan fingerprint density at radius 3 is 2.90 bits per heavy atom. The smallest absolute Gasteiger partial charge is 0.244 e. The zero-order chi connectivity index (χ0) is 21.3. The van der Waals surface area contributed by atoms with E-state index in [4.69, 9.17) is 4.74 Å². The van der Waals surface area contributed by atoms with Gasteiger partial charge in [-0.05, 0) is 79.5 Å². The van der Waals surface area contributed by atoms with E-state index in [0.717, 1.165) is 42.7 Å². The quantitative estimate of drug-likeness (QED) is 0.420. The molecule has 0 spiro atoms. The standard InChI is InChI=1S/C25H30N2O2S/c1-4-7-21-22-12-11-20(29-3)16-24(22)30-23(21)13-14-25(28)27-18(2)8-5-9-19-10-6-15-26-17-19/h6,10-18H,4-5,7-9H2,1-3H3,(H,27,28)/b14-13+/t18-/m1/s1. The van der Waals surface area contributed by atoms with E-state index in [9.17, 15) is 4.79 Å². The number of carbonyl (C=O) groups excluding carboxylic acids is 1. The molecule has 2 heterocycles. The van der Waals surface area contributed by atoms with Crippen molar-refractivity contribution >= 4 is 33.4 Å². The number of hydrogen-bond donors (Lipinski definition) is 1. The van der Waals surface area contributed by atoms with Crippen LogP contribution in [0, 0.1) is 0 Å². The molecule has 0 aliphatic carbocycles. The SMILES string of the molecule is CCCc1c(/C=C/C(=O)N[C@H](C)CCCc2cccnc2)sc2cc(OC)ccc12. The maximum atomic E-state index is 12.4. The lowest BCUT2D eigenvalue weighted by Gasteiger charge is -2.12. The van der Waals surface area contributed by atoms with Crippen LogP contribution < -0.4 is 10.1 Å². The molecule has 0 fully saturated rings. The van der Waals surface area contributed by atoms with Gasteiger partial charge in [0, 0.05) is 34.1 Å². The van der Waals surface area contributed by atoms with Crippen LogP contribution >= 0.6 is 11.3 Å². The molecular formula is C25H30N2O2S. The van der Waals surface area contributed by atoms with Crippen molar-refractivity contribution in [2.75, 3.05) is 7.11 Å². The van der Waals surface area contributed by atoms with Crippen molar-refractivity contribution in [3.8, 4) is 5.75 Å². The molecule has 158 valence electrons. The number of carbonyl (C=O) groups is 1. The van der Waals surface area contributed by atoms with Crippen molar-refractivity contribution in [2.45, 2.75) is 52.0 Å². The van der Waals surface area contributed by atoms with E-state index in [-0.39, 0.29) is 11.9 Å². The molecule has 4 nitrogen and oxygen atoms in total. The van der Waals surface area contributed by atoms with Crippen molar-refractivity contribution in [3.63, 3.8) is 0 Å². The van der Waals surface area contributed by atoms with Gasteiger partial charge < -0.3 is 10.1 Å². The predicted molar refractivity (Wildman–Crippen MR) is 126 cm³/mol. The van der Waals surface area contributed by atoms with Crippen LogP contribution in [0.2, 0.25) is 0 Å². The first-order valence-corrected chi connectivity index (χ1v) is 11.4. The molecule has 0 unspecified atom stereocenters.